The highest BCUT2D eigenvalue weighted by Gasteiger charge is 2.10. The SMILES string of the molecule is Cc1cc(C(=O)/C=C/c2ccccc2OC(F)F)c(C)s1. The van der Waals surface area contributed by atoms with Crippen LogP contribution in [0.15, 0.2) is 36.4 Å². The fourth-order valence-corrected chi connectivity index (χ4v) is 2.88. The molecule has 1 heterocycles. The number of hydrogen-bond acceptors (Lipinski definition) is 3. The number of hydrogen-bond donors (Lipinski definition) is 0. The summed E-state index contributed by atoms with van der Waals surface area (Å²) in [5.41, 5.74) is 1.08. The Bertz CT molecular complexity index is 675. The minimum absolute atomic E-state index is 0.0507. The molecule has 2 rings (SSSR count). The molecule has 0 aliphatic rings. The second-order valence-electron chi connectivity index (χ2n) is 4.44. The molecule has 0 bridgehead atoms. The van der Waals surface area contributed by atoms with Crippen molar-refractivity contribution in [1.82, 2.24) is 0 Å². The highest BCUT2D eigenvalue weighted by Crippen LogP contribution is 2.24. The molecular formula is C16H14F2O2S. The lowest BCUT2D eigenvalue weighted by molar-refractivity contribution is -0.0499. The van der Waals surface area contributed by atoms with Crippen LogP contribution in [0.5, 0.6) is 5.75 Å². The Morgan fingerprint density at radius 3 is 2.62 bits per heavy atom. The molecule has 0 spiro atoms. The lowest BCUT2D eigenvalue weighted by Gasteiger charge is -2.07. The molecule has 0 fully saturated rings. The summed E-state index contributed by atoms with van der Waals surface area (Å²) in [4.78, 5) is 14.1. The standard InChI is InChI=1S/C16H14F2O2S/c1-10-9-13(11(2)21-10)14(19)8-7-12-5-3-4-6-15(12)20-16(17)18/h3-9,16H,1-2H3/b8-7+. The van der Waals surface area contributed by atoms with Crippen molar-refractivity contribution in [3.8, 4) is 5.75 Å². The van der Waals surface area contributed by atoms with Crippen LogP contribution in [-0.4, -0.2) is 12.4 Å². The van der Waals surface area contributed by atoms with E-state index in [9.17, 15) is 13.6 Å². The van der Waals surface area contributed by atoms with Gasteiger partial charge in [-0.05, 0) is 38.1 Å². The molecule has 1 aromatic carbocycles. The number of para-hydroxylation sites is 1. The van der Waals surface area contributed by atoms with E-state index in [0.29, 0.717) is 11.1 Å². The van der Waals surface area contributed by atoms with Gasteiger partial charge in [0.2, 0.25) is 0 Å². The average molecular weight is 308 g/mol. The number of allylic oxidation sites excluding steroid dienone is 1. The van der Waals surface area contributed by atoms with Gasteiger partial charge in [0.15, 0.2) is 5.78 Å². The van der Waals surface area contributed by atoms with E-state index < -0.39 is 6.61 Å². The first kappa shape index (κ1) is 15.4. The van der Waals surface area contributed by atoms with Crippen LogP contribution in [0.3, 0.4) is 0 Å². The minimum atomic E-state index is -2.89. The van der Waals surface area contributed by atoms with E-state index in [-0.39, 0.29) is 11.5 Å². The Balaban J connectivity index is 2.21. The smallest absolute Gasteiger partial charge is 0.387 e. The van der Waals surface area contributed by atoms with Gasteiger partial charge in [-0.3, -0.25) is 4.79 Å². The number of carbonyl (C=O) groups excluding carboxylic acids is 1. The number of carbonyl (C=O) groups is 1. The Morgan fingerprint density at radius 2 is 2.00 bits per heavy atom. The fourth-order valence-electron chi connectivity index (χ4n) is 1.95. The third kappa shape index (κ3) is 3.98. The summed E-state index contributed by atoms with van der Waals surface area (Å²) < 4.78 is 29.0. The molecular weight excluding hydrogens is 294 g/mol. The van der Waals surface area contributed by atoms with E-state index in [2.05, 4.69) is 4.74 Å². The molecule has 0 aliphatic heterocycles. The van der Waals surface area contributed by atoms with E-state index in [0.717, 1.165) is 9.75 Å². The summed E-state index contributed by atoms with van der Waals surface area (Å²) in [5.74, 6) is -0.0986. The van der Waals surface area contributed by atoms with Crippen LogP contribution >= 0.6 is 11.3 Å². The molecule has 5 heteroatoms. The van der Waals surface area contributed by atoms with E-state index >= 15 is 0 Å². The zero-order chi connectivity index (χ0) is 15.4. The maximum Gasteiger partial charge on any atom is 0.387 e. The fraction of sp³-hybridized carbons (Fsp3) is 0.188. The van der Waals surface area contributed by atoms with E-state index in [1.54, 1.807) is 29.5 Å². The van der Waals surface area contributed by atoms with Crippen molar-refractivity contribution in [3.63, 3.8) is 0 Å². The van der Waals surface area contributed by atoms with Gasteiger partial charge in [-0.1, -0.05) is 18.2 Å². The first-order valence-electron chi connectivity index (χ1n) is 6.30. The number of aryl methyl sites for hydroxylation is 2. The molecule has 0 atom stereocenters. The van der Waals surface area contributed by atoms with Crippen LogP contribution < -0.4 is 4.74 Å². The predicted molar refractivity (Wildman–Crippen MR) is 80.2 cm³/mol. The summed E-state index contributed by atoms with van der Waals surface area (Å²) in [6.07, 6.45) is 2.87. The summed E-state index contributed by atoms with van der Waals surface area (Å²) in [7, 11) is 0. The van der Waals surface area contributed by atoms with Crippen molar-refractivity contribution in [1.29, 1.82) is 0 Å². The summed E-state index contributed by atoms with van der Waals surface area (Å²) in [6, 6.07) is 8.18. The second kappa shape index (κ2) is 6.63. The molecule has 0 N–H and O–H groups in total. The van der Waals surface area contributed by atoms with Gasteiger partial charge in [-0.15, -0.1) is 11.3 Å². The molecule has 2 aromatic rings. The average Bonchev–Trinajstić information content (AvgIpc) is 2.76. The van der Waals surface area contributed by atoms with Crippen LogP contribution in [0.25, 0.3) is 6.08 Å². The van der Waals surface area contributed by atoms with Crippen LogP contribution in [0.1, 0.15) is 25.7 Å². The number of thiophene rings is 1. The van der Waals surface area contributed by atoms with Crippen molar-refractivity contribution in [2.45, 2.75) is 20.5 Å². The largest absolute Gasteiger partial charge is 0.434 e. The lowest BCUT2D eigenvalue weighted by atomic mass is 10.1. The highest BCUT2D eigenvalue weighted by molar-refractivity contribution is 7.12. The first-order valence-corrected chi connectivity index (χ1v) is 7.12. The van der Waals surface area contributed by atoms with Crippen molar-refractivity contribution >= 4 is 23.2 Å². The molecule has 1 aromatic heterocycles. The van der Waals surface area contributed by atoms with Crippen LogP contribution in [0, 0.1) is 13.8 Å². The van der Waals surface area contributed by atoms with Crippen molar-refractivity contribution < 1.29 is 18.3 Å². The second-order valence-corrected chi connectivity index (χ2v) is 5.90. The summed E-state index contributed by atoms with van der Waals surface area (Å²) in [5, 5.41) is 0. The number of rotatable bonds is 5. The molecule has 21 heavy (non-hydrogen) atoms. The van der Waals surface area contributed by atoms with E-state index in [4.69, 9.17) is 0 Å². The summed E-state index contributed by atoms with van der Waals surface area (Å²) in [6.45, 7) is 0.924. The van der Waals surface area contributed by atoms with Crippen molar-refractivity contribution in [2.75, 3.05) is 0 Å². The molecule has 2 nitrogen and oxygen atoms in total. The van der Waals surface area contributed by atoms with Gasteiger partial charge < -0.3 is 4.74 Å². The molecule has 0 unspecified atom stereocenters. The molecule has 110 valence electrons. The van der Waals surface area contributed by atoms with Gasteiger partial charge in [0.25, 0.3) is 0 Å². The number of ketones is 1. The molecule has 0 aliphatic carbocycles. The Hall–Kier alpha value is -2.01. The highest BCUT2D eigenvalue weighted by atomic mass is 32.1. The topological polar surface area (TPSA) is 26.3 Å². The van der Waals surface area contributed by atoms with E-state index in [1.807, 2.05) is 19.9 Å². The van der Waals surface area contributed by atoms with Gasteiger partial charge in [0.05, 0.1) is 0 Å². The molecule has 0 radical (unpaired) electrons. The number of benzene rings is 1. The number of ether oxygens (including phenoxy) is 1. The van der Waals surface area contributed by atoms with Crippen LogP contribution in [-0.2, 0) is 0 Å². The van der Waals surface area contributed by atoms with Gasteiger partial charge in [0.1, 0.15) is 5.75 Å². The third-order valence-electron chi connectivity index (χ3n) is 2.86. The van der Waals surface area contributed by atoms with Crippen molar-refractivity contribution in [2.24, 2.45) is 0 Å². The predicted octanol–water partition coefficient (Wildman–Crippen LogP) is 4.86. The Morgan fingerprint density at radius 1 is 1.29 bits per heavy atom. The molecule has 0 amide bonds. The van der Waals surface area contributed by atoms with Crippen molar-refractivity contribution in [3.05, 3.63) is 57.3 Å². The van der Waals surface area contributed by atoms with Gasteiger partial charge in [-0.2, -0.15) is 8.78 Å². The minimum Gasteiger partial charge on any atom is -0.434 e. The lowest BCUT2D eigenvalue weighted by Crippen LogP contribution is -2.03. The first-order chi connectivity index (χ1) is 9.97. The van der Waals surface area contributed by atoms with E-state index in [1.165, 1.54) is 18.2 Å². The van der Waals surface area contributed by atoms with Crippen LogP contribution in [0.4, 0.5) is 8.78 Å². The Kier molecular flexibility index (Phi) is 4.85. The molecule has 0 saturated carbocycles. The maximum absolute atomic E-state index is 12.3. The van der Waals surface area contributed by atoms with Gasteiger partial charge >= 0.3 is 6.61 Å². The third-order valence-corrected chi connectivity index (χ3v) is 3.82. The number of alkyl halides is 2. The molecule has 0 saturated heterocycles. The normalized spacial score (nSPS) is 11.3. The zero-order valence-corrected chi connectivity index (χ0v) is 12.4. The monoisotopic (exact) mass is 308 g/mol. The van der Waals surface area contributed by atoms with Crippen LogP contribution in [0.2, 0.25) is 0 Å². The summed E-state index contributed by atoms with van der Waals surface area (Å²) >= 11 is 1.55. The quantitative estimate of drug-likeness (QED) is 0.582. The maximum atomic E-state index is 12.3. The zero-order valence-electron chi connectivity index (χ0n) is 11.6. The van der Waals surface area contributed by atoms with Gasteiger partial charge in [0, 0.05) is 20.9 Å². The number of halogens is 2. The Labute approximate surface area is 125 Å². The van der Waals surface area contributed by atoms with Gasteiger partial charge in [-0.25, -0.2) is 0 Å².